The van der Waals surface area contributed by atoms with E-state index in [0.717, 1.165) is 36.6 Å². The van der Waals surface area contributed by atoms with Gasteiger partial charge in [-0.05, 0) is 62.7 Å². The van der Waals surface area contributed by atoms with Crippen LogP contribution in [-0.2, 0) is 4.79 Å². The lowest BCUT2D eigenvalue weighted by atomic mass is 10.1. The van der Waals surface area contributed by atoms with Crippen molar-refractivity contribution in [3.8, 4) is 0 Å². The van der Waals surface area contributed by atoms with Crippen LogP contribution in [0.3, 0.4) is 0 Å². The molecule has 0 spiro atoms. The number of likely N-dealkylation sites (tertiary alicyclic amines) is 1. The van der Waals surface area contributed by atoms with Crippen molar-refractivity contribution < 1.29 is 9.18 Å². The Morgan fingerprint density at radius 2 is 1.83 bits per heavy atom. The number of benzene rings is 1. The summed E-state index contributed by atoms with van der Waals surface area (Å²) in [4.78, 5) is 23.8. The van der Waals surface area contributed by atoms with E-state index >= 15 is 0 Å². The first-order chi connectivity index (χ1) is 14.6. The SMILES string of the molecule is Cc1cccc(Nc2cccc([C@@H]3CCCN3CC(=O)Nc3ccccc3F)n2)n1. The van der Waals surface area contributed by atoms with Gasteiger partial charge in [-0.15, -0.1) is 0 Å². The van der Waals surface area contributed by atoms with Crippen molar-refractivity contribution in [1.29, 1.82) is 0 Å². The lowest BCUT2D eigenvalue weighted by Gasteiger charge is -2.24. The number of pyridine rings is 2. The predicted molar refractivity (Wildman–Crippen MR) is 115 cm³/mol. The minimum atomic E-state index is -0.436. The van der Waals surface area contributed by atoms with Gasteiger partial charge in [0.25, 0.3) is 0 Å². The van der Waals surface area contributed by atoms with E-state index in [1.165, 1.54) is 6.07 Å². The molecule has 1 amide bonds. The molecule has 0 saturated carbocycles. The minimum absolute atomic E-state index is 0.0450. The van der Waals surface area contributed by atoms with Crippen molar-refractivity contribution in [3.63, 3.8) is 0 Å². The van der Waals surface area contributed by atoms with E-state index in [9.17, 15) is 9.18 Å². The highest BCUT2D eigenvalue weighted by Crippen LogP contribution is 2.31. The van der Waals surface area contributed by atoms with Crippen LogP contribution in [0.5, 0.6) is 0 Å². The number of para-hydroxylation sites is 1. The first-order valence-electron chi connectivity index (χ1n) is 10.0. The molecule has 1 atom stereocenters. The molecule has 30 heavy (non-hydrogen) atoms. The molecule has 7 heteroatoms. The number of carbonyl (C=O) groups is 1. The average molecular weight is 405 g/mol. The van der Waals surface area contributed by atoms with Crippen LogP contribution in [0.15, 0.2) is 60.7 Å². The van der Waals surface area contributed by atoms with Crippen molar-refractivity contribution in [2.75, 3.05) is 23.7 Å². The Labute approximate surface area is 175 Å². The van der Waals surface area contributed by atoms with E-state index in [2.05, 4.69) is 20.5 Å². The standard InChI is InChI=1S/C23H24FN5O/c1-16-7-4-12-21(25-16)28-22-13-5-10-19(26-22)20-11-6-14-29(20)15-23(30)27-18-9-3-2-8-17(18)24/h2-5,7-10,12-13,20H,6,11,14-15H2,1H3,(H,27,30)(H,25,26,28)/t20-/m0/s1. The Hall–Kier alpha value is -3.32. The number of aromatic nitrogens is 2. The van der Waals surface area contributed by atoms with E-state index in [1.807, 2.05) is 43.3 Å². The summed E-state index contributed by atoms with van der Waals surface area (Å²) in [5.74, 6) is 0.791. The number of amides is 1. The summed E-state index contributed by atoms with van der Waals surface area (Å²) in [6.07, 6.45) is 1.91. The zero-order valence-corrected chi connectivity index (χ0v) is 16.8. The number of nitrogens with zero attached hydrogens (tertiary/aromatic N) is 3. The Morgan fingerprint density at radius 1 is 1.07 bits per heavy atom. The van der Waals surface area contributed by atoms with Crippen LogP contribution in [0, 0.1) is 12.7 Å². The van der Waals surface area contributed by atoms with Crippen molar-refractivity contribution in [2.24, 2.45) is 0 Å². The maximum atomic E-state index is 13.8. The van der Waals surface area contributed by atoms with E-state index in [1.54, 1.807) is 18.2 Å². The lowest BCUT2D eigenvalue weighted by molar-refractivity contribution is -0.117. The molecular weight excluding hydrogens is 381 g/mol. The molecule has 2 N–H and O–H groups in total. The summed E-state index contributed by atoms with van der Waals surface area (Å²) in [5, 5.41) is 5.90. The molecule has 1 saturated heterocycles. The van der Waals surface area contributed by atoms with Gasteiger partial charge in [-0.1, -0.05) is 24.3 Å². The van der Waals surface area contributed by atoms with Gasteiger partial charge in [0, 0.05) is 5.69 Å². The van der Waals surface area contributed by atoms with Crippen molar-refractivity contribution in [1.82, 2.24) is 14.9 Å². The van der Waals surface area contributed by atoms with E-state index < -0.39 is 5.82 Å². The Morgan fingerprint density at radius 3 is 2.63 bits per heavy atom. The molecule has 2 aromatic heterocycles. The molecule has 0 radical (unpaired) electrons. The van der Waals surface area contributed by atoms with Crippen LogP contribution in [0.4, 0.5) is 21.7 Å². The Bertz CT molecular complexity index is 1040. The van der Waals surface area contributed by atoms with E-state index in [4.69, 9.17) is 4.98 Å². The van der Waals surface area contributed by atoms with Crippen LogP contribution in [-0.4, -0.2) is 33.9 Å². The van der Waals surface area contributed by atoms with Crippen LogP contribution in [0.1, 0.15) is 30.3 Å². The van der Waals surface area contributed by atoms with Gasteiger partial charge < -0.3 is 10.6 Å². The smallest absolute Gasteiger partial charge is 0.238 e. The third-order valence-electron chi connectivity index (χ3n) is 5.11. The number of rotatable bonds is 6. The first kappa shape index (κ1) is 20.0. The molecule has 3 heterocycles. The summed E-state index contributed by atoms with van der Waals surface area (Å²) in [6.45, 7) is 2.93. The number of anilines is 3. The summed E-state index contributed by atoms with van der Waals surface area (Å²) in [6, 6.07) is 17.9. The maximum Gasteiger partial charge on any atom is 0.238 e. The van der Waals surface area contributed by atoms with Gasteiger partial charge >= 0.3 is 0 Å². The van der Waals surface area contributed by atoms with Gasteiger partial charge in [-0.25, -0.2) is 14.4 Å². The maximum absolute atomic E-state index is 13.8. The van der Waals surface area contributed by atoms with Crippen LogP contribution < -0.4 is 10.6 Å². The van der Waals surface area contributed by atoms with E-state index in [0.29, 0.717) is 5.82 Å². The molecule has 1 fully saturated rings. The lowest BCUT2D eigenvalue weighted by Crippen LogP contribution is -2.33. The topological polar surface area (TPSA) is 70.2 Å². The Kier molecular flexibility index (Phi) is 5.99. The van der Waals surface area contributed by atoms with Crippen molar-refractivity contribution in [2.45, 2.75) is 25.8 Å². The number of carbonyl (C=O) groups excluding carboxylic acids is 1. The fourth-order valence-corrected chi connectivity index (χ4v) is 3.74. The van der Waals surface area contributed by atoms with Crippen molar-refractivity contribution >= 4 is 23.2 Å². The van der Waals surface area contributed by atoms with Crippen LogP contribution >= 0.6 is 0 Å². The summed E-state index contributed by atoms with van der Waals surface area (Å²) in [7, 11) is 0. The molecule has 3 aromatic rings. The molecule has 154 valence electrons. The molecular formula is C23H24FN5O. The van der Waals surface area contributed by atoms with Gasteiger partial charge in [-0.2, -0.15) is 0 Å². The second-order valence-corrected chi connectivity index (χ2v) is 7.39. The second kappa shape index (κ2) is 9.00. The third kappa shape index (κ3) is 4.80. The highest BCUT2D eigenvalue weighted by atomic mass is 19.1. The number of nitrogens with one attached hydrogen (secondary N) is 2. The zero-order valence-electron chi connectivity index (χ0n) is 16.8. The van der Waals surface area contributed by atoms with Crippen molar-refractivity contribution in [3.05, 3.63) is 77.9 Å². The molecule has 1 aliphatic heterocycles. The Balaban J connectivity index is 1.44. The minimum Gasteiger partial charge on any atom is -0.325 e. The second-order valence-electron chi connectivity index (χ2n) is 7.39. The molecule has 1 aliphatic rings. The molecule has 6 nitrogen and oxygen atoms in total. The van der Waals surface area contributed by atoms with Crippen LogP contribution in [0.25, 0.3) is 0 Å². The number of hydrogen-bond acceptors (Lipinski definition) is 5. The molecule has 0 bridgehead atoms. The highest BCUT2D eigenvalue weighted by molar-refractivity contribution is 5.92. The summed E-state index contributed by atoms with van der Waals surface area (Å²) in [5.41, 5.74) is 2.04. The summed E-state index contributed by atoms with van der Waals surface area (Å²) < 4.78 is 13.8. The highest BCUT2D eigenvalue weighted by Gasteiger charge is 2.29. The first-order valence-corrected chi connectivity index (χ1v) is 10.0. The van der Waals surface area contributed by atoms with Gasteiger partial charge in [0.2, 0.25) is 5.91 Å². The quantitative estimate of drug-likeness (QED) is 0.634. The van der Waals surface area contributed by atoms with Gasteiger partial charge in [0.05, 0.1) is 24.0 Å². The monoisotopic (exact) mass is 405 g/mol. The molecule has 1 aromatic carbocycles. The third-order valence-corrected chi connectivity index (χ3v) is 5.11. The fraction of sp³-hybridized carbons (Fsp3) is 0.261. The normalized spacial score (nSPS) is 16.4. The molecule has 4 rings (SSSR count). The number of halogens is 1. The van der Waals surface area contributed by atoms with E-state index in [-0.39, 0.29) is 24.2 Å². The van der Waals surface area contributed by atoms with Gasteiger partial charge in [0.1, 0.15) is 17.5 Å². The van der Waals surface area contributed by atoms with Gasteiger partial charge in [0.15, 0.2) is 0 Å². The molecule has 0 unspecified atom stereocenters. The predicted octanol–water partition coefficient (Wildman–Crippen LogP) is 4.44. The van der Waals surface area contributed by atoms with Crippen LogP contribution in [0.2, 0.25) is 0 Å². The fourth-order valence-electron chi connectivity index (χ4n) is 3.74. The zero-order chi connectivity index (χ0) is 20.9. The largest absolute Gasteiger partial charge is 0.325 e. The average Bonchev–Trinajstić information content (AvgIpc) is 3.18. The number of aryl methyl sites for hydroxylation is 1. The van der Waals surface area contributed by atoms with Gasteiger partial charge in [-0.3, -0.25) is 9.69 Å². The molecule has 0 aliphatic carbocycles. The summed E-state index contributed by atoms with van der Waals surface area (Å²) >= 11 is 0. The number of hydrogen-bond donors (Lipinski definition) is 2.